The molecule has 1 fully saturated rings. The topological polar surface area (TPSA) is 58.6 Å². The van der Waals surface area contributed by atoms with Gasteiger partial charge in [0.2, 0.25) is 0 Å². The average Bonchev–Trinajstić information content (AvgIpc) is 2.48. The molecule has 1 amide bonds. The van der Waals surface area contributed by atoms with Gasteiger partial charge in [-0.15, -0.1) is 0 Å². The van der Waals surface area contributed by atoms with Gasteiger partial charge in [0.1, 0.15) is 5.75 Å². The predicted molar refractivity (Wildman–Crippen MR) is 82.2 cm³/mol. The molecule has 1 aromatic rings. The van der Waals surface area contributed by atoms with Crippen molar-refractivity contribution in [3.05, 3.63) is 29.8 Å². The molecule has 0 heterocycles. The zero-order valence-corrected chi connectivity index (χ0v) is 12.8. The third-order valence-electron chi connectivity index (χ3n) is 4.00. The maximum Gasteiger partial charge on any atom is 0.260 e. The lowest BCUT2D eigenvalue weighted by molar-refractivity contribution is -0.128. The average molecular weight is 291 g/mol. The van der Waals surface area contributed by atoms with E-state index in [0.717, 1.165) is 18.4 Å². The summed E-state index contributed by atoms with van der Waals surface area (Å²) in [5, 5.41) is 12.5. The van der Waals surface area contributed by atoms with Gasteiger partial charge in [-0.25, -0.2) is 0 Å². The summed E-state index contributed by atoms with van der Waals surface area (Å²) in [7, 11) is 0. The van der Waals surface area contributed by atoms with Crippen molar-refractivity contribution in [3.8, 4) is 5.75 Å². The fraction of sp³-hybridized carbons (Fsp3) is 0.588. The second-order valence-corrected chi connectivity index (χ2v) is 5.85. The van der Waals surface area contributed by atoms with E-state index in [4.69, 9.17) is 4.74 Å². The Labute approximate surface area is 126 Å². The molecule has 0 spiro atoms. The summed E-state index contributed by atoms with van der Waals surface area (Å²) in [6.45, 7) is 3.48. The van der Waals surface area contributed by atoms with Gasteiger partial charge in [-0.2, -0.15) is 0 Å². The summed E-state index contributed by atoms with van der Waals surface area (Å²) in [4.78, 5) is 12.1. The van der Waals surface area contributed by atoms with Crippen molar-refractivity contribution >= 4 is 5.91 Å². The molecular weight excluding hydrogens is 266 g/mol. The first kappa shape index (κ1) is 15.8. The highest BCUT2D eigenvalue weighted by atomic mass is 16.5. The molecule has 2 N–H and O–H groups in total. The lowest BCUT2D eigenvalue weighted by Gasteiger charge is -2.24. The molecule has 1 aliphatic carbocycles. The number of benzene rings is 1. The molecule has 21 heavy (non-hydrogen) atoms. The molecule has 0 saturated heterocycles. The van der Waals surface area contributed by atoms with Gasteiger partial charge in [0.15, 0.2) is 6.10 Å². The summed E-state index contributed by atoms with van der Waals surface area (Å²) in [6.07, 6.45) is 4.80. The second kappa shape index (κ2) is 7.46. The van der Waals surface area contributed by atoms with Crippen LogP contribution in [0.4, 0.5) is 0 Å². The van der Waals surface area contributed by atoms with Crippen LogP contribution in [0.1, 0.15) is 57.6 Å². The van der Waals surface area contributed by atoms with Gasteiger partial charge in [-0.05, 0) is 44.4 Å². The highest BCUT2D eigenvalue weighted by Gasteiger charge is 2.20. The highest BCUT2D eigenvalue weighted by Crippen LogP contribution is 2.19. The Balaban J connectivity index is 1.84. The number of hydrogen-bond acceptors (Lipinski definition) is 3. The largest absolute Gasteiger partial charge is 0.481 e. The number of nitrogens with one attached hydrogen (secondary N) is 1. The Morgan fingerprint density at radius 1 is 1.19 bits per heavy atom. The quantitative estimate of drug-likeness (QED) is 0.877. The maximum absolute atomic E-state index is 12.1. The number of carbonyl (C=O) groups is 1. The van der Waals surface area contributed by atoms with Crippen LogP contribution < -0.4 is 10.1 Å². The van der Waals surface area contributed by atoms with E-state index in [-0.39, 0.29) is 5.91 Å². The number of ether oxygens (including phenoxy) is 1. The first-order chi connectivity index (χ1) is 10.1. The third kappa shape index (κ3) is 4.74. The molecule has 116 valence electrons. The van der Waals surface area contributed by atoms with Crippen LogP contribution in [0.5, 0.6) is 5.75 Å². The normalized spacial score (nSPS) is 18.8. The van der Waals surface area contributed by atoms with Gasteiger partial charge >= 0.3 is 0 Å². The lowest BCUT2D eigenvalue weighted by Crippen LogP contribution is -2.43. The number of aliphatic hydroxyl groups excluding tert-OH is 1. The Morgan fingerprint density at radius 2 is 1.81 bits per heavy atom. The Kier molecular flexibility index (Phi) is 5.62. The van der Waals surface area contributed by atoms with E-state index in [1.165, 1.54) is 19.3 Å². The van der Waals surface area contributed by atoms with E-state index in [1.807, 2.05) is 12.1 Å². The van der Waals surface area contributed by atoms with Crippen LogP contribution >= 0.6 is 0 Å². The van der Waals surface area contributed by atoms with Crippen molar-refractivity contribution in [2.45, 2.75) is 64.2 Å². The number of amides is 1. The molecule has 0 aliphatic heterocycles. The van der Waals surface area contributed by atoms with Crippen LogP contribution in [0, 0.1) is 0 Å². The Morgan fingerprint density at radius 3 is 2.38 bits per heavy atom. The van der Waals surface area contributed by atoms with E-state index in [9.17, 15) is 9.90 Å². The Hall–Kier alpha value is -1.55. The summed E-state index contributed by atoms with van der Waals surface area (Å²) in [5.74, 6) is 0.590. The molecule has 0 radical (unpaired) electrons. The maximum atomic E-state index is 12.1. The molecule has 0 bridgehead atoms. The summed E-state index contributed by atoms with van der Waals surface area (Å²) >= 11 is 0. The zero-order valence-electron chi connectivity index (χ0n) is 12.8. The SMILES string of the molecule is CC(Oc1ccc(C(C)O)cc1)C(=O)NC1CCCCC1. The summed E-state index contributed by atoms with van der Waals surface area (Å²) < 4.78 is 5.66. The van der Waals surface area contributed by atoms with Crippen LogP contribution in [0.2, 0.25) is 0 Å². The van der Waals surface area contributed by atoms with Gasteiger partial charge in [-0.1, -0.05) is 31.4 Å². The molecular formula is C17H25NO3. The van der Waals surface area contributed by atoms with Crippen molar-refractivity contribution in [3.63, 3.8) is 0 Å². The van der Waals surface area contributed by atoms with Crippen molar-refractivity contribution < 1.29 is 14.6 Å². The summed E-state index contributed by atoms with van der Waals surface area (Å²) in [5.41, 5.74) is 0.835. The van der Waals surface area contributed by atoms with E-state index >= 15 is 0 Å². The summed E-state index contributed by atoms with van der Waals surface area (Å²) in [6, 6.07) is 7.49. The van der Waals surface area contributed by atoms with E-state index in [0.29, 0.717) is 11.8 Å². The van der Waals surface area contributed by atoms with Crippen LogP contribution in [0.3, 0.4) is 0 Å². The third-order valence-corrected chi connectivity index (χ3v) is 4.00. The highest BCUT2D eigenvalue weighted by molar-refractivity contribution is 5.81. The molecule has 1 aliphatic rings. The number of aliphatic hydroxyl groups is 1. The van der Waals surface area contributed by atoms with Gasteiger partial charge in [0.05, 0.1) is 6.10 Å². The fourth-order valence-corrected chi connectivity index (χ4v) is 2.65. The molecule has 2 unspecified atom stereocenters. The van der Waals surface area contributed by atoms with Crippen LogP contribution in [-0.2, 0) is 4.79 Å². The standard InChI is InChI=1S/C17H25NO3/c1-12(19)14-8-10-16(11-9-14)21-13(2)17(20)18-15-6-4-3-5-7-15/h8-13,15,19H,3-7H2,1-2H3,(H,18,20). The van der Waals surface area contributed by atoms with Crippen LogP contribution in [-0.4, -0.2) is 23.2 Å². The lowest BCUT2D eigenvalue weighted by atomic mass is 9.95. The van der Waals surface area contributed by atoms with Crippen molar-refractivity contribution in [2.75, 3.05) is 0 Å². The minimum Gasteiger partial charge on any atom is -0.481 e. The molecule has 4 heteroatoms. The first-order valence-electron chi connectivity index (χ1n) is 7.81. The fourth-order valence-electron chi connectivity index (χ4n) is 2.65. The number of carbonyl (C=O) groups excluding carboxylic acids is 1. The number of hydrogen-bond donors (Lipinski definition) is 2. The van der Waals surface area contributed by atoms with E-state index in [1.54, 1.807) is 26.0 Å². The molecule has 2 rings (SSSR count). The molecule has 1 aromatic carbocycles. The van der Waals surface area contributed by atoms with Gasteiger partial charge in [-0.3, -0.25) is 4.79 Å². The molecule has 2 atom stereocenters. The molecule has 0 aromatic heterocycles. The van der Waals surface area contributed by atoms with Crippen LogP contribution in [0.15, 0.2) is 24.3 Å². The van der Waals surface area contributed by atoms with Crippen molar-refractivity contribution in [1.82, 2.24) is 5.32 Å². The van der Waals surface area contributed by atoms with Crippen molar-refractivity contribution in [1.29, 1.82) is 0 Å². The van der Waals surface area contributed by atoms with Gasteiger partial charge in [0, 0.05) is 6.04 Å². The van der Waals surface area contributed by atoms with E-state index < -0.39 is 12.2 Å². The molecule has 1 saturated carbocycles. The smallest absolute Gasteiger partial charge is 0.260 e. The predicted octanol–water partition coefficient (Wildman–Crippen LogP) is 2.96. The van der Waals surface area contributed by atoms with Crippen molar-refractivity contribution in [2.24, 2.45) is 0 Å². The van der Waals surface area contributed by atoms with Gasteiger partial charge in [0.25, 0.3) is 5.91 Å². The van der Waals surface area contributed by atoms with Crippen LogP contribution in [0.25, 0.3) is 0 Å². The number of rotatable bonds is 5. The molecule has 4 nitrogen and oxygen atoms in total. The minimum absolute atomic E-state index is 0.0542. The zero-order chi connectivity index (χ0) is 15.2. The minimum atomic E-state index is -0.510. The first-order valence-corrected chi connectivity index (χ1v) is 7.81. The monoisotopic (exact) mass is 291 g/mol. The second-order valence-electron chi connectivity index (χ2n) is 5.85. The van der Waals surface area contributed by atoms with Gasteiger partial charge < -0.3 is 15.2 Å². The Bertz CT molecular complexity index is 450. The van der Waals surface area contributed by atoms with E-state index in [2.05, 4.69) is 5.32 Å².